The molecule has 1 fully saturated rings. The summed E-state index contributed by atoms with van der Waals surface area (Å²) in [5, 5.41) is 0. The molecule has 2 aromatic carbocycles. The molecule has 0 spiro atoms. The van der Waals surface area contributed by atoms with Crippen LogP contribution in [0, 0.1) is 23.7 Å². The highest BCUT2D eigenvalue weighted by Crippen LogP contribution is 2.29. The molecule has 0 heterocycles. The summed E-state index contributed by atoms with van der Waals surface area (Å²) in [7, 11) is 0. The molecule has 0 amide bonds. The van der Waals surface area contributed by atoms with Crippen LogP contribution in [0.4, 0.5) is 0 Å². The fourth-order valence-corrected chi connectivity index (χ4v) is 3.34. The number of benzene rings is 2. The van der Waals surface area contributed by atoms with Crippen molar-refractivity contribution in [3.8, 4) is 23.0 Å². The predicted octanol–water partition coefficient (Wildman–Crippen LogP) is 6.46. The quantitative estimate of drug-likeness (QED) is 0.423. The minimum Gasteiger partial charge on any atom is -0.103 e. The van der Waals surface area contributed by atoms with Crippen LogP contribution >= 0.6 is 15.9 Å². The number of hydrogen-bond acceptors (Lipinski definition) is 0. The van der Waals surface area contributed by atoms with E-state index in [4.69, 9.17) is 0 Å². The highest BCUT2D eigenvalue weighted by atomic mass is 79.9. The third kappa shape index (κ3) is 4.36. The van der Waals surface area contributed by atoms with Gasteiger partial charge in [-0.05, 0) is 67.0 Å². The van der Waals surface area contributed by atoms with Crippen molar-refractivity contribution in [2.24, 2.45) is 11.8 Å². The Morgan fingerprint density at radius 2 is 1.43 bits per heavy atom. The number of rotatable bonds is 2. The standard InChI is InChI=1S/C22H21Br/c1-2-17-3-5-18(6-4-17)7-8-19-9-11-20(12-10-19)21-13-15-22(23)16-14-21/h2,9-18H,1,3-6H2. The highest BCUT2D eigenvalue weighted by molar-refractivity contribution is 9.10. The molecule has 3 rings (SSSR count). The van der Waals surface area contributed by atoms with E-state index in [2.05, 4.69) is 89.0 Å². The van der Waals surface area contributed by atoms with Crippen LogP contribution in [-0.2, 0) is 0 Å². The van der Waals surface area contributed by atoms with Crippen LogP contribution in [-0.4, -0.2) is 0 Å². The van der Waals surface area contributed by atoms with E-state index < -0.39 is 0 Å². The topological polar surface area (TPSA) is 0 Å². The van der Waals surface area contributed by atoms with E-state index in [1.54, 1.807) is 0 Å². The Morgan fingerprint density at radius 1 is 0.870 bits per heavy atom. The van der Waals surface area contributed by atoms with E-state index in [0.717, 1.165) is 10.0 Å². The molecule has 2 aromatic rings. The fraction of sp³-hybridized carbons (Fsp3) is 0.273. The van der Waals surface area contributed by atoms with Crippen LogP contribution in [0.5, 0.6) is 0 Å². The van der Waals surface area contributed by atoms with Gasteiger partial charge in [0, 0.05) is 16.0 Å². The van der Waals surface area contributed by atoms with E-state index in [0.29, 0.717) is 11.8 Å². The predicted molar refractivity (Wildman–Crippen MR) is 102 cm³/mol. The van der Waals surface area contributed by atoms with E-state index in [1.165, 1.54) is 36.8 Å². The first-order valence-electron chi connectivity index (χ1n) is 8.24. The lowest BCUT2D eigenvalue weighted by atomic mass is 9.82. The van der Waals surface area contributed by atoms with Gasteiger partial charge in [0.1, 0.15) is 0 Å². The maximum Gasteiger partial charge on any atom is 0.0245 e. The molecule has 1 aliphatic rings. The highest BCUT2D eigenvalue weighted by Gasteiger charge is 2.17. The zero-order chi connectivity index (χ0) is 16.1. The Bertz CT molecular complexity index is 705. The van der Waals surface area contributed by atoms with Gasteiger partial charge in [-0.3, -0.25) is 0 Å². The molecule has 116 valence electrons. The molecule has 23 heavy (non-hydrogen) atoms. The second-order valence-electron chi connectivity index (χ2n) is 6.20. The molecular formula is C22H21Br. The Balaban J connectivity index is 1.65. The summed E-state index contributed by atoms with van der Waals surface area (Å²) in [6.07, 6.45) is 7.00. The Hall–Kier alpha value is -1.78. The van der Waals surface area contributed by atoms with Crippen molar-refractivity contribution in [3.05, 3.63) is 71.2 Å². The van der Waals surface area contributed by atoms with Gasteiger partial charge in [-0.1, -0.05) is 58.1 Å². The molecule has 0 N–H and O–H groups in total. The Labute approximate surface area is 147 Å². The molecule has 1 heteroatoms. The molecule has 1 aliphatic carbocycles. The lowest BCUT2D eigenvalue weighted by molar-refractivity contribution is 0.365. The zero-order valence-electron chi connectivity index (χ0n) is 13.3. The van der Waals surface area contributed by atoms with Crippen molar-refractivity contribution in [3.63, 3.8) is 0 Å². The minimum atomic E-state index is 0.553. The normalized spacial score (nSPS) is 20.4. The largest absolute Gasteiger partial charge is 0.103 e. The number of hydrogen-bond donors (Lipinski definition) is 0. The average Bonchev–Trinajstić information content (AvgIpc) is 2.61. The zero-order valence-corrected chi connectivity index (χ0v) is 14.9. The first-order valence-corrected chi connectivity index (χ1v) is 9.04. The first kappa shape index (κ1) is 16.1. The van der Waals surface area contributed by atoms with Crippen molar-refractivity contribution in [1.82, 2.24) is 0 Å². The third-order valence-corrected chi connectivity index (χ3v) is 5.12. The smallest absolute Gasteiger partial charge is 0.0245 e. The van der Waals surface area contributed by atoms with Gasteiger partial charge in [0.05, 0.1) is 0 Å². The second kappa shape index (κ2) is 7.66. The van der Waals surface area contributed by atoms with Gasteiger partial charge in [-0.2, -0.15) is 0 Å². The summed E-state index contributed by atoms with van der Waals surface area (Å²) in [5.41, 5.74) is 3.57. The molecule has 0 unspecified atom stereocenters. The lowest BCUT2D eigenvalue weighted by Crippen LogP contribution is -2.11. The number of allylic oxidation sites excluding steroid dienone is 1. The van der Waals surface area contributed by atoms with Gasteiger partial charge >= 0.3 is 0 Å². The molecule has 0 nitrogen and oxygen atoms in total. The van der Waals surface area contributed by atoms with Crippen LogP contribution in [0.15, 0.2) is 65.7 Å². The van der Waals surface area contributed by atoms with Crippen molar-refractivity contribution in [2.45, 2.75) is 25.7 Å². The van der Waals surface area contributed by atoms with Gasteiger partial charge in [-0.15, -0.1) is 6.58 Å². The summed E-state index contributed by atoms with van der Waals surface area (Å²) < 4.78 is 1.11. The van der Waals surface area contributed by atoms with Crippen molar-refractivity contribution >= 4 is 15.9 Å². The van der Waals surface area contributed by atoms with Crippen LogP contribution in [0.1, 0.15) is 31.2 Å². The fourth-order valence-electron chi connectivity index (χ4n) is 3.07. The van der Waals surface area contributed by atoms with E-state index in [1.807, 2.05) is 0 Å². The second-order valence-corrected chi connectivity index (χ2v) is 7.12. The molecule has 0 aromatic heterocycles. The monoisotopic (exact) mass is 364 g/mol. The van der Waals surface area contributed by atoms with Crippen molar-refractivity contribution in [2.75, 3.05) is 0 Å². The minimum absolute atomic E-state index is 0.553. The molecule has 0 saturated heterocycles. The van der Waals surface area contributed by atoms with Crippen LogP contribution in [0.2, 0.25) is 0 Å². The van der Waals surface area contributed by atoms with Gasteiger partial charge in [0.15, 0.2) is 0 Å². The first-order chi connectivity index (χ1) is 11.2. The molecule has 1 saturated carbocycles. The Kier molecular flexibility index (Phi) is 5.36. The van der Waals surface area contributed by atoms with E-state index in [-0.39, 0.29) is 0 Å². The molecule has 0 aliphatic heterocycles. The summed E-state index contributed by atoms with van der Waals surface area (Å²) in [6, 6.07) is 17.0. The lowest BCUT2D eigenvalue weighted by Gasteiger charge is -2.22. The maximum atomic E-state index is 3.90. The van der Waals surface area contributed by atoms with Crippen molar-refractivity contribution < 1.29 is 0 Å². The molecule has 0 atom stereocenters. The van der Waals surface area contributed by atoms with Gasteiger partial charge < -0.3 is 0 Å². The van der Waals surface area contributed by atoms with Crippen LogP contribution < -0.4 is 0 Å². The molecule has 0 radical (unpaired) electrons. The molecular weight excluding hydrogens is 344 g/mol. The van der Waals surface area contributed by atoms with Gasteiger partial charge in [-0.25, -0.2) is 0 Å². The van der Waals surface area contributed by atoms with E-state index >= 15 is 0 Å². The van der Waals surface area contributed by atoms with Gasteiger partial charge in [0.25, 0.3) is 0 Å². The third-order valence-electron chi connectivity index (χ3n) is 4.59. The average molecular weight is 365 g/mol. The molecule has 0 bridgehead atoms. The van der Waals surface area contributed by atoms with Crippen LogP contribution in [0.25, 0.3) is 11.1 Å². The summed E-state index contributed by atoms with van der Waals surface area (Å²) in [6.45, 7) is 3.90. The Morgan fingerprint density at radius 3 is 2.00 bits per heavy atom. The summed E-state index contributed by atoms with van der Waals surface area (Å²) >= 11 is 3.47. The summed E-state index contributed by atoms with van der Waals surface area (Å²) in [4.78, 5) is 0. The van der Waals surface area contributed by atoms with Crippen LogP contribution in [0.3, 0.4) is 0 Å². The number of halogens is 1. The van der Waals surface area contributed by atoms with Crippen molar-refractivity contribution in [1.29, 1.82) is 0 Å². The summed E-state index contributed by atoms with van der Waals surface area (Å²) in [5.74, 6) is 8.07. The maximum absolute atomic E-state index is 3.90. The van der Waals surface area contributed by atoms with Gasteiger partial charge in [0.2, 0.25) is 0 Å². The SMILES string of the molecule is C=CC1CCC(C#Cc2ccc(-c3ccc(Br)cc3)cc2)CC1. The van der Waals surface area contributed by atoms with E-state index in [9.17, 15) is 0 Å².